The molecule has 5 heteroatoms. The second-order valence-electron chi connectivity index (χ2n) is 6.25. The molecule has 0 aromatic heterocycles. The minimum absolute atomic E-state index is 0.00621. The first-order valence-corrected chi connectivity index (χ1v) is 9.83. The van der Waals surface area contributed by atoms with Gasteiger partial charge in [0.1, 0.15) is 0 Å². The third kappa shape index (κ3) is 4.06. The van der Waals surface area contributed by atoms with Gasteiger partial charge in [-0.15, -0.1) is 0 Å². The zero-order valence-corrected chi connectivity index (χ0v) is 14.9. The van der Waals surface area contributed by atoms with Gasteiger partial charge in [0, 0.05) is 12.0 Å². The van der Waals surface area contributed by atoms with Gasteiger partial charge in [0.25, 0.3) is 0 Å². The van der Waals surface area contributed by atoms with E-state index in [1.165, 1.54) is 0 Å². The quantitative estimate of drug-likeness (QED) is 0.889. The van der Waals surface area contributed by atoms with Crippen LogP contribution in [0.3, 0.4) is 0 Å². The van der Waals surface area contributed by atoms with Crippen molar-refractivity contribution in [2.75, 3.05) is 0 Å². The van der Waals surface area contributed by atoms with Crippen molar-refractivity contribution in [3.8, 4) is 0 Å². The normalized spacial score (nSPS) is 16.4. The molecule has 0 radical (unpaired) electrons. The summed E-state index contributed by atoms with van der Waals surface area (Å²) in [6.45, 7) is 1.90. The van der Waals surface area contributed by atoms with E-state index < -0.39 is 16.1 Å². The number of carbonyl (C=O) groups is 1. The summed E-state index contributed by atoms with van der Waals surface area (Å²) in [6, 6.07) is 15.2. The first kappa shape index (κ1) is 17.6. The highest BCUT2D eigenvalue weighted by Crippen LogP contribution is 2.29. The lowest BCUT2D eigenvalue weighted by Crippen LogP contribution is -2.32. The van der Waals surface area contributed by atoms with Crippen molar-refractivity contribution in [3.05, 3.63) is 77.4 Å². The van der Waals surface area contributed by atoms with Gasteiger partial charge in [-0.3, -0.25) is 4.79 Å². The molecule has 2 aromatic rings. The van der Waals surface area contributed by atoms with Crippen LogP contribution < -0.4 is 4.72 Å². The lowest BCUT2D eigenvalue weighted by Gasteiger charge is -2.24. The Morgan fingerprint density at radius 1 is 1.00 bits per heavy atom. The van der Waals surface area contributed by atoms with Crippen molar-refractivity contribution in [3.63, 3.8) is 0 Å². The predicted molar refractivity (Wildman–Crippen MR) is 97.6 cm³/mol. The molecular formula is C20H21NO3S. The molecule has 0 amide bonds. The molecule has 3 rings (SSSR count). The summed E-state index contributed by atoms with van der Waals surface area (Å²) in [5.41, 5.74) is 2.29. The van der Waals surface area contributed by atoms with Crippen LogP contribution in [0.1, 0.15) is 36.4 Å². The second-order valence-corrected chi connectivity index (χ2v) is 7.97. The zero-order valence-electron chi connectivity index (χ0n) is 14.1. The van der Waals surface area contributed by atoms with E-state index in [-0.39, 0.29) is 10.7 Å². The van der Waals surface area contributed by atoms with Gasteiger partial charge in [-0.1, -0.05) is 54.1 Å². The Kier molecular flexibility index (Phi) is 5.16. The monoisotopic (exact) mass is 355 g/mol. The Bertz CT molecular complexity index is 884. The highest BCUT2D eigenvalue weighted by atomic mass is 32.2. The molecule has 1 aliphatic rings. The number of rotatable bonds is 5. The van der Waals surface area contributed by atoms with Crippen LogP contribution in [0, 0.1) is 6.92 Å². The highest BCUT2D eigenvalue weighted by molar-refractivity contribution is 7.89. The molecule has 1 unspecified atom stereocenters. The average molecular weight is 355 g/mol. The number of hydrogen-bond acceptors (Lipinski definition) is 3. The molecule has 0 spiro atoms. The number of carbonyl (C=O) groups excluding carboxylic acids is 1. The fourth-order valence-corrected chi connectivity index (χ4v) is 4.16. The number of Topliss-reactive ketones (excluding diaryl/α,β-unsaturated/α-hetero) is 1. The van der Waals surface area contributed by atoms with Gasteiger partial charge in [0.05, 0.1) is 10.9 Å². The SMILES string of the molecule is Cc1ccc(S(=O)(=O)NC(C2=CCCCC2=O)c2ccccc2)cc1. The first-order chi connectivity index (χ1) is 12.0. The topological polar surface area (TPSA) is 63.2 Å². The number of ketones is 1. The van der Waals surface area contributed by atoms with Gasteiger partial charge in [0.15, 0.2) is 5.78 Å². The molecule has 2 aromatic carbocycles. The first-order valence-electron chi connectivity index (χ1n) is 8.34. The summed E-state index contributed by atoms with van der Waals surface area (Å²) in [5.74, 6) is 0.00621. The average Bonchev–Trinajstić information content (AvgIpc) is 2.61. The summed E-state index contributed by atoms with van der Waals surface area (Å²) in [5, 5.41) is 0. The van der Waals surface area contributed by atoms with E-state index in [0.717, 1.165) is 24.0 Å². The van der Waals surface area contributed by atoms with E-state index >= 15 is 0 Å². The molecule has 0 aliphatic heterocycles. The van der Waals surface area contributed by atoms with E-state index in [1.54, 1.807) is 24.3 Å². The summed E-state index contributed by atoms with van der Waals surface area (Å²) < 4.78 is 28.4. The van der Waals surface area contributed by atoms with E-state index in [1.807, 2.05) is 43.3 Å². The predicted octanol–water partition coefficient (Wildman–Crippen LogP) is 3.69. The Balaban J connectivity index is 1.99. The van der Waals surface area contributed by atoms with Crippen LogP contribution in [-0.2, 0) is 14.8 Å². The maximum atomic E-state index is 12.8. The van der Waals surface area contributed by atoms with E-state index in [2.05, 4.69) is 4.72 Å². The number of sulfonamides is 1. The maximum Gasteiger partial charge on any atom is 0.241 e. The van der Waals surface area contributed by atoms with Crippen LogP contribution in [0.5, 0.6) is 0 Å². The van der Waals surface area contributed by atoms with Gasteiger partial charge in [-0.05, 0) is 37.5 Å². The largest absolute Gasteiger partial charge is 0.294 e. The lowest BCUT2D eigenvalue weighted by atomic mass is 9.89. The van der Waals surface area contributed by atoms with Crippen molar-refractivity contribution in [2.24, 2.45) is 0 Å². The summed E-state index contributed by atoms with van der Waals surface area (Å²) in [7, 11) is -3.74. The van der Waals surface area contributed by atoms with Crippen molar-refractivity contribution in [1.29, 1.82) is 0 Å². The number of hydrogen-bond donors (Lipinski definition) is 1. The molecule has 25 heavy (non-hydrogen) atoms. The molecule has 0 saturated carbocycles. The van der Waals surface area contributed by atoms with Gasteiger partial charge in [-0.25, -0.2) is 8.42 Å². The summed E-state index contributed by atoms with van der Waals surface area (Å²) in [4.78, 5) is 12.6. The van der Waals surface area contributed by atoms with Crippen molar-refractivity contribution in [2.45, 2.75) is 37.1 Å². The molecule has 0 saturated heterocycles. The van der Waals surface area contributed by atoms with Crippen molar-refractivity contribution < 1.29 is 13.2 Å². The Morgan fingerprint density at radius 3 is 2.32 bits per heavy atom. The third-order valence-electron chi connectivity index (χ3n) is 4.34. The summed E-state index contributed by atoms with van der Waals surface area (Å²) in [6.07, 6.45) is 3.92. The van der Waals surface area contributed by atoms with E-state index in [0.29, 0.717) is 12.0 Å². The van der Waals surface area contributed by atoms with E-state index in [4.69, 9.17) is 0 Å². The molecule has 0 heterocycles. The highest BCUT2D eigenvalue weighted by Gasteiger charge is 2.28. The Hall–Kier alpha value is -2.24. The molecular weight excluding hydrogens is 334 g/mol. The van der Waals surface area contributed by atoms with Gasteiger partial charge in [-0.2, -0.15) is 4.72 Å². The molecule has 4 nitrogen and oxygen atoms in total. The van der Waals surface area contributed by atoms with Crippen LogP contribution in [0.4, 0.5) is 0 Å². The second kappa shape index (κ2) is 7.33. The third-order valence-corrected chi connectivity index (χ3v) is 5.78. The van der Waals surface area contributed by atoms with Crippen LogP contribution >= 0.6 is 0 Å². The standard InChI is InChI=1S/C20H21NO3S/c1-15-11-13-17(14-12-15)25(23,24)21-20(16-7-3-2-4-8-16)18-9-5-6-10-19(18)22/h2-4,7-9,11-14,20-21H,5-6,10H2,1H3. The molecule has 0 fully saturated rings. The number of benzene rings is 2. The molecule has 130 valence electrons. The van der Waals surface area contributed by atoms with Crippen molar-refractivity contribution in [1.82, 2.24) is 4.72 Å². The van der Waals surface area contributed by atoms with Gasteiger partial charge >= 0.3 is 0 Å². The Labute approximate surface area is 148 Å². The zero-order chi connectivity index (χ0) is 17.9. The number of aryl methyl sites for hydroxylation is 1. The smallest absolute Gasteiger partial charge is 0.241 e. The molecule has 1 atom stereocenters. The van der Waals surface area contributed by atoms with Crippen LogP contribution in [-0.4, -0.2) is 14.2 Å². The fourth-order valence-electron chi connectivity index (χ4n) is 2.95. The van der Waals surface area contributed by atoms with E-state index in [9.17, 15) is 13.2 Å². The van der Waals surface area contributed by atoms with Crippen LogP contribution in [0.2, 0.25) is 0 Å². The molecule has 1 aliphatic carbocycles. The van der Waals surface area contributed by atoms with Gasteiger partial charge in [0.2, 0.25) is 10.0 Å². The fraction of sp³-hybridized carbons (Fsp3) is 0.250. The number of allylic oxidation sites excluding steroid dienone is 1. The van der Waals surface area contributed by atoms with Crippen molar-refractivity contribution >= 4 is 15.8 Å². The lowest BCUT2D eigenvalue weighted by molar-refractivity contribution is -0.116. The van der Waals surface area contributed by atoms with Crippen LogP contribution in [0.25, 0.3) is 0 Å². The number of nitrogens with one attached hydrogen (secondary N) is 1. The Morgan fingerprint density at radius 2 is 1.68 bits per heavy atom. The van der Waals surface area contributed by atoms with Crippen LogP contribution in [0.15, 0.2) is 71.1 Å². The van der Waals surface area contributed by atoms with Gasteiger partial charge < -0.3 is 0 Å². The molecule has 0 bridgehead atoms. The molecule has 1 N–H and O–H groups in total. The minimum atomic E-state index is -3.74. The summed E-state index contributed by atoms with van der Waals surface area (Å²) >= 11 is 0. The minimum Gasteiger partial charge on any atom is -0.294 e. The maximum absolute atomic E-state index is 12.8.